The van der Waals surface area contributed by atoms with Crippen molar-refractivity contribution < 1.29 is 0 Å². The molecule has 3 nitrogen and oxygen atoms in total. The maximum atomic E-state index is 5.87. The Balaban J connectivity index is 1.86. The molecule has 0 radical (unpaired) electrons. The standard InChI is InChI=1S/C13H14ClN3/c14-11-3-1-9(2-4-11)12-8-16-13(17-12)10-5-6-15-7-10/h1-4,8,10,15H,5-7H2,(H,16,17). The van der Waals surface area contributed by atoms with Crippen LogP contribution in [0.25, 0.3) is 11.3 Å². The van der Waals surface area contributed by atoms with Crippen molar-refractivity contribution in [3.05, 3.63) is 41.3 Å². The summed E-state index contributed by atoms with van der Waals surface area (Å²) in [5.41, 5.74) is 2.18. The third-order valence-electron chi connectivity index (χ3n) is 3.20. The first-order valence-corrected chi connectivity index (χ1v) is 6.22. The molecule has 2 N–H and O–H groups in total. The number of nitrogens with one attached hydrogen (secondary N) is 2. The van der Waals surface area contributed by atoms with Gasteiger partial charge in [-0.2, -0.15) is 0 Å². The van der Waals surface area contributed by atoms with Gasteiger partial charge in [0.15, 0.2) is 0 Å². The van der Waals surface area contributed by atoms with E-state index in [0.29, 0.717) is 5.92 Å². The highest BCUT2D eigenvalue weighted by Crippen LogP contribution is 2.24. The lowest BCUT2D eigenvalue weighted by Gasteiger charge is -2.03. The molecule has 0 aliphatic carbocycles. The molecule has 1 fully saturated rings. The molecule has 2 heterocycles. The van der Waals surface area contributed by atoms with E-state index in [0.717, 1.165) is 41.6 Å². The minimum Gasteiger partial charge on any atom is -0.342 e. The second-order valence-electron chi connectivity index (χ2n) is 4.38. The number of aromatic amines is 1. The molecular weight excluding hydrogens is 234 g/mol. The van der Waals surface area contributed by atoms with Crippen LogP contribution in [-0.4, -0.2) is 23.1 Å². The summed E-state index contributed by atoms with van der Waals surface area (Å²) in [5, 5.41) is 4.11. The molecule has 0 amide bonds. The Morgan fingerprint density at radius 1 is 1.24 bits per heavy atom. The number of imidazole rings is 1. The molecule has 17 heavy (non-hydrogen) atoms. The molecule has 4 heteroatoms. The second-order valence-corrected chi connectivity index (χ2v) is 4.82. The fourth-order valence-electron chi connectivity index (χ4n) is 2.21. The lowest BCUT2D eigenvalue weighted by atomic mass is 10.1. The summed E-state index contributed by atoms with van der Waals surface area (Å²) in [5.74, 6) is 1.61. The van der Waals surface area contributed by atoms with E-state index in [4.69, 9.17) is 11.6 Å². The van der Waals surface area contributed by atoms with Gasteiger partial charge in [-0.3, -0.25) is 0 Å². The fraction of sp³-hybridized carbons (Fsp3) is 0.308. The Morgan fingerprint density at radius 3 is 2.76 bits per heavy atom. The summed E-state index contributed by atoms with van der Waals surface area (Å²) >= 11 is 5.87. The van der Waals surface area contributed by atoms with Crippen LogP contribution in [0.2, 0.25) is 5.02 Å². The summed E-state index contributed by atoms with van der Waals surface area (Å²) in [6.45, 7) is 2.11. The zero-order chi connectivity index (χ0) is 11.7. The lowest BCUT2D eigenvalue weighted by molar-refractivity contribution is 0.715. The number of H-pyrrole nitrogens is 1. The quantitative estimate of drug-likeness (QED) is 0.857. The summed E-state index contributed by atoms with van der Waals surface area (Å²) in [6, 6.07) is 7.81. The first-order chi connectivity index (χ1) is 8.33. The molecule has 1 saturated heterocycles. The van der Waals surface area contributed by atoms with E-state index in [-0.39, 0.29) is 0 Å². The predicted octanol–water partition coefficient (Wildman–Crippen LogP) is 2.81. The van der Waals surface area contributed by atoms with Crippen molar-refractivity contribution in [3.63, 3.8) is 0 Å². The first-order valence-electron chi connectivity index (χ1n) is 5.84. The Kier molecular flexibility index (Phi) is 2.87. The normalized spacial score (nSPS) is 19.7. The third-order valence-corrected chi connectivity index (χ3v) is 3.45. The summed E-state index contributed by atoms with van der Waals surface area (Å²) in [4.78, 5) is 7.87. The third kappa shape index (κ3) is 2.21. The number of hydrogen-bond donors (Lipinski definition) is 2. The minimum absolute atomic E-state index is 0.524. The Bertz CT molecular complexity index is 498. The highest BCUT2D eigenvalue weighted by molar-refractivity contribution is 6.30. The van der Waals surface area contributed by atoms with E-state index in [1.54, 1.807) is 0 Å². The van der Waals surface area contributed by atoms with Crippen LogP contribution in [-0.2, 0) is 0 Å². The lowest BCUT2D eigenvalue weighted by Crippen LogP contribution is -2.08. The molecular formula is C13H14ClN3. The van der Waals surface area contributed by atoms with Gasteiger partial charge in [-0.15, -0.1) is 0 Å². The van der Waals surface area contributed by atoms with Gasteiger partial charge in [0, 0.05) is 17.5 Å². The van der Waals surface area contributed by atoms with Crippen molar-refractivity contribution in [1.29, 1.82) is 0 Å². The maximum Gasteiger partial charge on any atom is 0.110 e. The van der Waals surface area contributed by atoms with E-state index in [2.05, 4.69) is 15.3 Å². The van der Waals surface area contributed by atoms with Crippen LogP contribution in [0.15, 0.2) is 30.5 Å². The Morgan fingerprint density at radius 2 is 2.06 bits per heavy atom. The van der Waals surface area contributed by atoms with Gasteiger partial charge in [0.05, 0.1) is 11.9 Å². The molecule has 2 aromatic rings. The topological polar surface area (TPSA) is 40.7 Å². The van der Waals surface area contributed by atoms with Crippen LogP contribution < -0.4 is 5.32 Å². The molecule has 1 unspecified atom stereocenters. The van der Waals surface area contributed by atoms with Crippen molar-refractivity contribution in [3.8, 4) is 11.3 Å². The largest absolute Gasteiger partial charge is 0.342 e. The smallest absolute Gasteiger partial charge is 0.110 e. The highest BCUT2D eigenvalue weighted by atomic mass is 35.5. The van der Waals surface area contributed by atoms with Crippen LogP contribution in [0, 0.1) is 0 Å². The van der Waals surface area contributed by atoms with E-state index in [9.17, 15) is 0 Å². The Hall–Kier alpha value is -1.32. The summed E-state index contributed by atoms with van der Waals surface area (Å²) < 4.78 is 0. The van der Waals surface area contributed by atoms with Gasteiger partial charge in [-0.05, 0) is 30.7 Å². The molecule has 0 spiro atoms. The average Bonchev–Trinajstić information content (AvgIpc) is 3.00. The fourth-order valence-corrected chi connectivity index (χ4v) is 2.33. The van der Waals surface area contributed by atoms with Crippen molar-refractivity contribution in [2.75, 3.05) is 13.1 Å². The van der Waals surface area contributed by atoms with Crippen LogP contribution in [0.1, 0.15) is 18.2 Å². The van der Waals surface area contributed by atoms with Gasteiger partial charge in [0.1, 0.15) is 5.82 Å². The molecule has 1 aromatic carbocycles. The predicted molar refractivity (Wildman–Crippen MR) is 69.3 cm³/mol. The van der Waals surface area contributed by atoms with Gasteiger partial charge in [-0.25, -0.2) is 4.98 Å². The van der Waals surface area contributed by atoms with Crippen LogP contribution in [0.4, 0.5) is 0 Å². The van der Waals surface area contributed by atoms with Gasteiger partial charge >= 0.3 is 0 Å². The van der Waals surface area contributed by atoms with E-state index < -0.39 is 0 Å². The minimum atomic E-state index is 0.524. The molecule has 88 valence electrons. The first kappa shape index (κ1) is 10.8. The van der Waals surface area contributed by atoms with Crippen molar-refractivity contribution in [2.24, 2.45) is 0 Å². The molecule has 1 aliphatic heterocycles. The highest BCUT2D eigenvalue weighted by Gasteiger charge is 2.19. The second kappa shape index (κ2) is 4.51. The Labute approximate surface area is 105 Å². The monoisotopic (exact) mass is 247 g/mol. The van der Waals surface area contributed by atoms with Gasteiger partial charge < -0.3 is 10.3 Å². The van der Waals surface area contributed by atoms with Crippen LogP contribution in [0.3, 0.4) is 0 Å². The van der Waals surface area contributed by atoms with Crippen LogP contribution in [0.5, 0.6) is 0 Å². The zero-order valence-corrected chi connectivity index (χ0v) is 10.2. The van der Waals surface area contributed by atoms with Crippen molar-refractivity contribution >= 4 is 11.6 Å². The summed E-state index contributed by atoms with van der Waals surface area (Å²) in [6.07, 6.45) is 3.06. The number of nitrogens with zero attached hydrogens (tertiary/aromatic N) is 1. The van der Waals surface area contributed by atoms with E-state index in [1.807, 2.05) is 30.5 Å². The molecule has 1 aromatic heterocycles. The number of halogens is 1. The van der Waals surface area contributed by atoms with Gasteiger partial charge in [0.25, 0.3) is 0 Å². The molecule has 1 atom stereocenters. The molecule has 1 aliphatic rings. The van der Waals surface area contributed by atoms with Gasteiger partial charge in [0.2, 0.25) is 0 Å². The maximum absolute atomic E-state index is 5.87. The zero-order valence-electron chi connectivity index (χ0n) is 9.41. The number of rotatable bonds is 2. The van der Waals surface area contributed by atoms with Crippen molar-refractivity contribution in [1.82, 2.24) is 15.3 Å². The number of aromatic nitrogens is 2. The summed E-state index contributed by atoms with van der Waals surface area (Å²) in [7, 11) is 0. The number of hydrogen-bond acceptors (Lipinski definition) is 2. The average molecular weight is 248 g/mol. The molecule has 0 saturated carbocycles. The number of benzene rings is 1. The molecule has 3 rings (SSSR count). The van der Waals surface area contributed by atoms with Crippen LogP contribution >= 0.6 is 11.6 Å². The van der Waals surface area contributed by atoms with E-state index >= 15 is 0 Å². The molecule has 0 bridgehead atoms. The van der Waals surface area contributed by atoms with Crippen molar-refractivity contribution in [2.45, 2.75) is 12.3 Å². The van der Waals surface area contributed by atoms with Gasteiger partial charge in [-0.1, -0.05) is 23.7 Å². The van der Waals surface area contributed by atoms with E-state index in [1.165, 1.54) is 0 Å². The SMILES string of the molecule is Clc1ccc(-c2cnc(C3CCNC3)[nH]2)cc1.